The first-order chi connectivity index (χ1) is 12.4. The number of aromatic nitrogens is 1. The molecule has 2 aromatic rings. The molecule has 138 valence electrons. The SMILES string of the molecule is CC(C)(C)n1cc(C2C[C@@H]3O[C@@H]3C2)cc1NC(=O)OCc1ccccc1. The van der Waals surface area contributed by atoms with E-state index in [1.54, 1.807) is 0 Å². The lowest BCUT2D eigenvalue weighted by Gasteiger charge is -2.24. The van der Waals surface area contributed by atoms with Gasteiger partial charge in [-0.1, -0.05) is 30.3 Å². The van der Waals surface area contributed by atoms with E-state index in [1.165, 1.54) is 5.56 Å². The molecule has 0 spiro atoms. The van der Waals surface area contributed by atoms with Gasteiger partial charge >= 0.3 is 6.09 Å². The molecule has 26 heavy (non-hydrogen) atoms. The lowest BCUT2D eigenvalue weighted by Crippen LogP contribution is -2.25. The maximum Gasteiger partial charge on any atom is 0.413 e. The molecule has 0 bridgehead atoms. The maximum absolute atomic E-state index is 12.3. The van der Waals surface area contributed by atoms with Crippen LogP contribution in [-0.4, -0.2) is 22.9 Å². The van der Waals surface area contributed by atoms with Crippen molar-refractivity contribution in [2.75, 3.05) is 5.32 Å². The number of epoxide rings is 1. The van der Waals surface area contributed by atoms with E-state index < -0.39 is 6.09 Å². The molecule has 1 aromatic carbocycles. The van der Waals surface area contributed by atoms with Crippen LogP contribution in [0.15, 0.2) is 42.6 Å². The topological polar surface area (TPSA) is 55.8 Å². The molecule has 2 heterocycles. The summed E-state index contributed by atoms with van der Waals surface area (Å²) in [5.41, 5.74) is 2.12. The number of benzene rings is 1. The molecule has 5 heteroatoms. The van der Waals surface area contributed by atoms with Crippen LogP contribution in [0.1, 0.15) is 50.7 Å². The summed E-state index contributed by atoms with van der Waals surface area (Å²) in [7, 11) is 0. The molecule has 1 aliphatic heterocycles. The van der Waals surface area contributed by atoms with Gasteiger partial charge in [-0.2, -0.15) is 0 Å². The van der Waals surface area contributed by atoms with Gasteiger partial charge in [-0.15, -0.1) is 0 Å². The zero-order chi connectivity index (χ0) is 18.3. The lowest BCUT2D eigenvalue weighted by atomic mass is 10.00. The van der Waals surface area contributed by atoms with Crippen molar-refractivity contribution in [1.29, 1.82) is 0 Å². The van der Waals surface area contributed by atoms with E-state index in [-0.39, 0.29) is 12.1 Å². The highest BCUT2D eigenvalue weighted by Crippen LogP contribution is 2.47. The van der Waals surface area contributed by atoms with Crippen LogP contribution in [0.4, 0.5) is 10.6 Å². The van der Waals surface area contributed by atoms with E-state index in [4.69, 9.17) is 9.47 Å². The largest absolute Gasteiger partial charge is 0.444 e. The molecule has 1 saturated heterocycles. The summed E-state index contributed by atoms with van der Waals surface area (Å²) in [6.45, 7) is 6.66. The normalized spacial score (nSPS) is 24.2. The standard InChI is InChI=1S/C21H26N2O3/c1-21(2,3)23-12-16(15-9-17-18(10-15)26-17)11-19(23)22-20(24)25-13-14-7-5-4-6-8-14/h4-8,11-12,15,17-18H,9-10,13H2,1-3H3,(H,22,24)/t15?,17-,18+. The number of hydrogen-bond acceptors (Lipinski definition) is 3. The third-order valence-electron chi connectivity index (χ3n) is 5.20. The Bertz CT molecular complexity index is 781. The zero-order valence-electron chi connectivity index (χ0n) is 15.6. The third kappa shape index (κ3) is 3.63. The summed E-state index contributed by atoms with van der Waals surface area (Å²) >= 11 is 0. The first-order valence-electron chi connectivity index (χ1n) is 9.26. The van der Waals surface area contributed by atoms with E-state index in [0.717, 1.165) is 24.2 Å². The predicted molar refractivity (Wildman–Crippen MR) is 100 cm³/mol. The van der Waals surface area contributed by atoms with E-state index in [2.05, 4.69) is 42.9 Å². The summed E-state index contributed by atoms with van der Waals surface area (Å²) in [6.07, 6.45) is 4.80. The Kier molecular flexibility index (Phi) is 4.27. The van der Waals surface area contributed by atoms with Crippen LogP contribution >= 0.6 is 0 Å². The van der Waals surface area contributed by atoms with Crippen molar-refractivity contribution in [3.05, 3.63) is 53.7 Å². The maximum atomic E-state index is 12.3. The number of ether oxygens (including phenoxy) is 2. The fraction of sp³-hybridized carbons (Fsp3) is 0.476. The minimum Gasteiger partial charge on any atom is -0.444 e. The predicted octanol–water partition coefficient (Wildman–Crippen LogP) is 4.64. The van der Waals surface area contributed by atoms with Crippen LogP contribution in [0.2, 0.25) is 0 Å². The van der Waals surface area contributed by atoms with Gasteiger partial charge in [0, 0.05) is 11.7 Å². The number of nitrogens with zero attached hydrogens (tertiary/aromatic N) is 1. The van der Waals surface area contributed by atoms with Crippen LogP contribution < -0.4 is 5.32 Å². The van der Waals surface area contributed by atoms with Gasteiger partial charge < -0.3 is 14.0 Å². The van der Waals surface area contributed by atoms with Crippen molar-refractivity contribution in [2.45, 2.75) is 63.9 Å². The molecule has 1 aromatic heterocycles. The average molecular weight is 354 g/mol. The highest BCUT2D eigenvalue weighted by atomic mass is 16.6. The van der Waals surface area contributed by atoms with Crippen molar-refractivity contribution in [1.82, 2.24) is 4.57 Å². The molecule has 1 N–H and O–H groups in total. The molecule has 0 radical (unpaired) electrons. The summed E-state index contributed by atoms with van der Waals surface area (Å²) in [4.78, 5) is 12.3. The second-order valence-corrected chi connectivity index (χ2v) is 8.27. The Morgan fingerprint density at radius 2 is 1.92 bits per heavy atom. The van der Waals surface area contributed by atoms with Crippen molar-refractivity contribution in [2.24, 2.45) is 0 Å². The highest BCUT2D eigenvalue weighted by molar-refractivity contribution is 5.83. The van der Waals surface area contributed by atoms with Gasteiger partial charge in [-0.3, -0.25) is 5.32 Å². The van der Waals surface area contributed by atoms with E-state index in [9.17, 15) is 4.79 Å². The van der Waals surface area contributed by atoms with Gasteiger partial charge in [0.1, 0.15) is 12.4 Å². The number of carbonyl (C=O) groups excluding carboxylic acids is 1. The van der Waals surface area contributed by atoms with Gasteiger partial charge in [0.15, 0.2) is 0 Å². The van der Waals surface area contributed by atoms with Crippen LogP contribution in [0, 0.1) is 0 Å². The summed E-state index contributed by atoms with van der Waals surface area (Å²) in [5, 5.41) is 2.92. The second kappa shape index (κ2) is 6.47. The fourth-order valence-electron chi connectivity index (χ4n) is 3.74. The van der Waals surface area contributed by atoms with Gasteiger partial charge in [-0.25, -0.2) is 4.79 Å². The molecule has 3 atom stereocenters. The number of amides is 1. The highest BCUT2D eigenvalue weighted by Gasteiger charge is 2.48. The smallest absolute Gasteiger partial charge is 0.413 e. The number of rotatable bonds is 4. The fourth-order valence-corrected chi connectivity index (χ4v) is 3.74. The number of carbonyl (C=O) groups is 1. The van der Waals surface area contributed by atoms with Crippen molar-refractivity contribution in [3.63, 3.8) is 0 Å². The van der Waals surface area contributed by atoms with Gasteiger partial charge in [0.05, 0.1) is 12.2 Å². The Morgan fingerprint density at radius 3 is 2.58 bits per heavy atom. The Balaban J connectivity index is 1.45. The number of anilines is 1. The molecule has 1 amide bonds. The Labute approximate surface area is 154 Å². The van der Waals surface area contributed by atoms with Gasteiger partial charge in [-0.05, 0) is 56.7 Å². The van der Waals surface area contributed by atoms with Gasteiger partial charge in [0.2, 0.25) is 0 Å². The van der Waals surface area contributed by atoms with Crippen LogP contribution in [0.3, 0.4) is 0 Å². The molecular formula is C21H26N2O3. The third-order valence-corrected chi connectivity index (χ3v) is 5.20. The molecule has 1 saturated carbocycles. The number of nitrogens with one attached hydrogen (secondary N) is 1. The second-order valence-electron chi connectivity index (χ2n) is 8.27. The summed E-state index contributed by atoms with van der Waals surface area (Å²) in [5.74, 6) is 1.30. The van der Waals surface area contributed by atoms with Crippen molar-refractivity contribution in [3.8, 4) is 0 Å². The minimum atomic E-state index is -0.429. The van der Waals surface area contributed by atoms with Crippen molar-refractivity contribution >= 4 is 11.9 Å². The quantitative estimate of drug-likeness (QED) is 0.814. The van der Waals surface area contributed by atoms with E-state index >= 15 is 0 Å². The lowest BCUT2D eigenvalue weighted by molar-refractivity contribution is 0.155. The Morgan fingerprint density at radius 1 is 1.23 bits per heavy atom. The number of fused-ring (bicyclic) bond motifs is 1. The molecule has 2 fully saturated rings. The monoisotopic (exact) mass is 354 g/mol. The summed E-state index contributed by atoms with van der Waals surface area (Å²) in [6, 6.07) is 11.8. The van der Waals surface area contributed by atoms with E-state index in [1.807, 2.05) is 30.3 Å². The summed E-state index contributed by atoms with van der Waals surface area (Å²) < 4.78 is 13.0. The first-order valence-corrected chi connectivity index (χ1v) is 9.26. The average Bonchev–Trinajstić information content (AvgIpc) is 3.02. The van der Waals surface area contributed by atoms with Crippen LogP contribution in [-0.2, 0) is 21.6 Å². The van der Waals surface area contributed by atoms with E-state index in [0.29, 0.717) is 18.1 Å². The minimum absolute atomic E-state index is 0.127. The molecule has 1 aliphatic carbocycles. The van der Waals surface area contributed by atoms with Crippen molar-refractivity contribution < 1.29 is 14.3 Å². The molecule has 4 rings (SSSR count). The van der Waals surface area contributed by atoms with Crippen LogP contribution in [0.25, 0.3) is 0 Å². The number of hydrogen-bond donors (Lipinski definition) is 1. The first kappa shape index (κ1) is 17.2. The van der Waals surface area contributed by atoms with Gasteiger partial charge in [0.25, 0.3) is 0 Å². The zero-order valence-corrected chi connectivity index (χ0v) is 15.6. The molecule has 1 unspecified atom stereocenters. The van der Waals surface area contributed by atoms with Crippen LogP contribution in [0.5, 0.6) is 0 Å². The molecular weight excluding hydrogens is 328 g/mol. The molecule has 5 nitrogen and oxygen atoms in total. The molecule has 2 aliphatic rings. The Hall–Kier alpha value is -2.27.